The highest BCUT2D eigenvalue weighted by Crippen LogP contribution is 2.29. The van der Waals surface area contributed by atoms with Gasteiger partial charge in [0.1, 0.15) is 0 Å². The number of nitrogens with one attached hydrogen (secondary N) is 1. The SMILES string of the molecule is CCNCC1(CN(CC)CCCN(CC)CC)CCOC1. The summed E-state index contributed by atoms with van der Waals surface area (Å²) in [6, 6.07) is 0. The van der Waals surface area contributed by atoms with E-state index < -0.39 is 0 Å². The molecule has 1 N–H and O–H groups in total. The van der Waals surface area contributed by atoms with Crippen LogP contribution in [-0.2, 0) is 4.74 Å². The molecule has 0 aromatic heterocycles. The molecule has 0 radical (unpaired) electrons. The van der Waals surface area contributed by atoms with E-state index in [4.69, 9.17) is 4.74 Å². The fourth-order valence-corrected chi connectivity index (χ4v) is 3.24. The van der Waals surface area contributed by atoms with Crippen molar-refractivity contribution in [2.24, 2.45) is 5.41 Å². The molecule has 0 aromatic rings. The van der Waals surface area contributed by atoms with Gasteiger partial charge in [-0.2, -0.15) is 0 Å². The van der Waals surface area contributed by atoms with Crippen LogP contribution in [0.15, 0.2) is 0 Å². The Bertz CT molecular complexity index is 250. The minimum absolute atomic E-state index is 0.335. The summed E-state index contributed by atoms with van der Waals surface area (Å²) in [5.74, 6) is 0. The molecule has 126 valence electrons. The molecule has 4 nitrogen and oxygen atoms in total. The minimum atomic E-state index is 0.335. The van der Waals surface area contributed by atoms with Crippen molar-refractivity contribution in [1.29, 1.82) is 0 Å². The summed E-state index contributed by atoms with van der Waals surface area (Å²) in [4.78, 5) is 5.14. The number of rotatable bonds is 12. The first-order chi connectivity index (χ1) is 10.2. The van der Waals surface area contributed by atoms with Gasteiger partial charge >= 0.3 is 0 Å². The van der Waals surface area contributed by atoms with Crippen LogP contribution in [0.25, 0.3) is 0 Å². The molecule has 1 fully saturated rings. The molecule has 0 bridgehead atoms. The number of hydrogen-bond donors (Lipinski definition) is 1. The Morgan fingerprint density at radius 3 is 2.19 bits per heavy atom. The van der Waals surface area contributed by atoms with Crippen molar-refractivity contribution >= 4 is 0 Å². The maximum absolute atomic E-state index is 5.71. The van der Waals surface area contributed by atoms with Gasteiger partial charge in [-0.15, -0.1) is 0 Å². The van der Waals surface area contributed by atoms with Crippen LogP contribution >= 0.6 is 0 Å². The van der Waals surface area contributed by atoms with Crippen LogP contribution in [0.1, 0.15) is 40.5 Å². The van der Waals surface area contributed by atoms with E-state index >= 15 is 0 Å². The summed E-state index contributed by atoms with van der Waals surface area (Å²) < 4.78 is 5.71. The lowest BCUT2D eigenvalue weighted by atomic mass is 9.86. The Hall–Kier alpha value is -0.160. The van der Waals surface area contributed by atoms with E-state index in [9.17, 15) is 0 Å². The zero-order chi connectivity index (χ0) is 15.6. The quantitative estimate of drug-likeness (QED) is 0.597. The van der Waals surface area contributed by atoms with Crippen molar-refractivity contribution in [2.75, 3.05) is 65.6 Å². The Morgan fingerprint density at radius 2 is 1.67 bits per heavy atom. The number of hydrogen-bond acceptors (Lipinski definition) is 4. The zero-order valence-electron chi connectivity index (χ0n) is 14.8. The van der Waals surface area contributed by atoms with Crippen LogP contribution in [-0.4, -0.2) is 75.4 Å². The first-order valence-electron chi connectivity index (χ1n) is 8.92. The van der Waals surface area contributed by atoms with E-state index in [0.717, 1.165) is 32.8 Å². The van der Waals surface area contributed by atoms with Crippen LogP contribution < -0.4 is 5.32 Å². The van der Waals surface area contributed by atoms with Gasteiger partial charge in [-0.1, -0.05) is 27.7 Å². The second kappa shape index (κ2) is 10.5. The van der Waals surface area contributed by atoms with Gasteiger partial charge < -0.3 is 19.9 Å². The van der Waals surface area contributed by atoms with Crippen molar-refractivity contribution in [1.82, 2.24) is 15.1 Å². The second-order valence-electron chi connectivity index (χ2n) is 6.33. The summed E-state index contributed by atoms with van der Waals surface area (Å²) in [5.41, 5.74) is 0.335. The molecule has 1 unspecified atom stereocenters. The third-order valence-electron chi connectivity index (χ3n) is 4.78. The van der Waals surface area contributed by atoms with Crippen molar-refractivity contribution in [3.05, 3.63) is 0 Å². The molecule has 0 aliphatic carbocycles. The fourth-order valence-electron chi connectivity index (χ4n) is 3.24. The Balaban J connectivity index is 2.39. The van der Waals surface area contributed by atoms with E-state index in [-0.39, 0.29) is 0 Å². The van der Waals surface area contributed by atoms with Gasteiger partial charge in [-0.3, -0.25) is 0 Å². The lowest BCUT2D eigenvalue weighted by Crippen LogP contribution is -2.45. The fraction of sp³-hybridized carbons (Fsp3) is 1.00. The van der Waals surface area contributed by atoms with Crippen molar-refractivity contribution < 1.29 is 4.74 Å². The minimum Gasteiger partial charge on any atom is -0.381 e. The van der Waals surface area contributed by atoms with Gasteiger partial charge in [-0.25, -0.2) is 0 Å². The molecule has 0 spiro atoms. The van der Waals surface area contributed by atoms with Crippen molar-refractivity contribution in [3.8, 4) is 0 Å². The maximum atomic E-state index is 5.71. The summed E-state index contributed by atoms with van der Waals surface area (Å²) in [7, 11) is 0. The Kier molecular flexibility index (Phi) is 9.49. The topological polar surface area (TPSA) is 27.7 Å². The normalized spacial score (nSPS) is 22.6. The summed E-state index contributed by atoms with van der Waals surface area (Å²) in [5, 5.41) is 3.54. The van der Waals surface area contributed by atoms with Gasteiger partial charge in [0, 0.05) is 25.1 Å². The highest BCUT2D eigenvalue weighted by molar-refractivity contribution is 4.88. The maximum Gasteiger partial charge on any atom is 0.0547 e. The van der Waals surface area contributed by atoms with Crippen molar-refractivity contribution in [2.45, 2.75) is 40.5 Å². The van der Waals surface area contributed by atoms with E-state index in [1.54, 1.807) is 0 Å². The van der Waals surface area contributed by atoms with Crippen LogP contribution in [0.5, 0.6) is 0 Å². The van der Waals surface area contributed by atoms with Crippen LogP contribution in [0.3, 0.4) is 0 Å². The van der Waals surface area contributed by atoms with Crippen LogP contribution in [0.4, 0.5) is 0 Å². The molecule has 1 saturated heterocycles. The summed E-state index contributed by atoms with van der Waals surface area (Å²) >= 11 is 0. The van der Waals surface area contributed by atoms with E-state index in [0.29, 0.717) is 5.41 Å². The molecule has 4 heteroatoms. The first kappa shape index (κ1) is 18.9. The van der Waals surface area contributed by atoms with Crippen LogP contribution in [0, 0.1) is 5.41 Å². The largest absolute Gasteiger partial charge is 0.381 e. The van der Waals surface area contributed by atoms with E-state index in [2.05, 4.69) is 42.8 Å². The number of ether oxygens (including phenoxy) is 1. The molecule has 1 aliphatic rings. The first-order valence-corrected chi connectivity index (χ1v) is 8.92. The Labute approximate surface area is 132 Å². The van der Waals surface area contributed by atoms with Crippen LogP contribution in [0.2, 0.25) is 0 Å². The van der Waals surface area contributed by atoms with E-state index in [1.807, 2.05) is 0 Å². The lowest BCUT2D eigenvalue weighted by Gasteiger charge is -2.34. The van der Waals surface area contributed by atoms with Gasteiger partial charge in [0.15, 0.2) is 0 Å². The predicted octanol–water partition coefficient (Wildman–Crippen LogP) is 2.06. The average molecular weight is 300 g/mol. The smallest absolute Gasteiger partial charge is 0.0547 e. The third kappa shape index (κ3) is 6.64. The molecule has 0 amide bonds. The predicted molar refractivity (Wildman–Crippen MR) is 90.9 cm³/mol. The molecular formula is C17H37N3O. The molecule has 0 saturated carbocycles. The van der Waals surface area contributed by atoms with Gasteiger partial charge in [0.05, 0.1) is 6.61 Å². The average Bonchev–Trinajstić information content (AvgIpc) is 2.97. The Morgan fingerprint density at radius 1 is 1.00 bits per heavy atom. The molecule has 1 aliphatic heterocycles. The lowest BCUT2D eigenvalue weighted by molar-refractivity contribution is 0.108. The monoisotopic (exact) mass is 299 g/mol. The highest BCUT2D eigenvalue weighted by Gasteiger charge is 2.35. The van der Waals surface area contributed by atoms with Gasteiger partial charge in [-0.05, 0) is 52.1 Å². The van der Waals surface area contributed by atoms with Gasteiger partial charge in [0.2, 0.25) is 0 Å². The molecule has 1 heterocycles. The number of nitrogens with zero attached hydrogens (tertiary/aromatic N) is 2. The highest BCUT2D eigenvalue weighted by atomic mass is 16.5. The van der Waals surface area contributed by atoms with E-state index in [1.165, 1.54) is 45.6 Å². The molecule has 1 atom stereocenters. The molecule has 21 heavy (non-hydrogen) atoms. The summed E-state index contributed by atoms with van der Waals surface area (Å²) in [6.45, 7) is 20.1. The molecule has 1 rings (SSSR count). The summed E-state index contributed by atoms with van der Waals surface area (Å²) in [6.07, 6.45) is 2.47. The van der Waals surface area contributed by atoms with Gasteiger partial charge in [0.25, 0.3) is 0 Å². The third-order valence-corrected chi connectivity index (χ3v) is 4.78. The standard InChI is InChI=1S/C17H37N3O/c1-5-18-14-17(10-13-21-16-17)15-20(8-4)12-9-11-19(6-2)7-3/h18H,5-16H2,1-4H3. The second-order valence-corrected chi connectivity index (χ2v) is 6.33. The van der Waals surface area contributed by atoms with Crippen molar-refractivity contribution in [3.63, 3.8) is 0 Å². The molecule has 0 aromatic carbocycles. The zero-order valence-corrected chi connectivity index (χ0v) is 14.8. The molecular weight excluding hydrogens is 262 g/mol.